The second kappa shape index (κ2) is 11.1. The fourth-order valence-electron chi connectivity index (χ4n) is 3.71. The molecule has 168 valence electrons. The summed E-state index contributed by atoms with van der Waals surface area (Å²) in [6.45, 7) is 6.65. The third-order valence-corrected chi connectivity index (χ3v) is 6.90. The van der Waals surface area contributed by atoms with E-state index in [0.717, 1.165) is 41.6 Å². The fraction of sp³-hybridized carbons (Fsp3) is 0.320. The third-order valence-electron chi connectivity index (χ3n) is 5.27. The van der Waals surface area contributed by atoms with Gasteiger partial charge >= 0.3 is 0 Å². The topological polar surface area (TPSA) is 49.4 Å². The lowest BCUT2D eigenvalue weighted by Gasteiger charge is -2.14. The van der Waals surface area contributed by atoms with Crippen molar-refractivity contribution in [1.29, 1.82) is 0 Å². The number of unbranched alkanes of at least 4 members (excludes halogenated alkanes) is 2. The molecule has 32 heavy (non-hydrogen) atoms. The molecular formula is C25H27ClN2O2S2. The highest BCUT2D eigenvalue weighted by Crippen LogP contribution is 2.33. The van der Waals surface area contributed by atoms with Gasteiger partial charge in [-0.3, -0.25) is 14.5 Å². The number of benzene rings is 2. The van der Waals surface area contributed by atoms with Crippen molar-refractivity contribution in [3.8, 4) is 0 Å². The highest BCUT2D eigenvalue weighted by atomic mass is 35.5. The molecular weight excluding hydrogens is 460 g/mol. The molecule has 0 aromatic heterocycles. The van der Waals surface area contributed by atoms with Crippen LogP contribution in [0.3, 0.4) is 0 Å². The normalized spacial score (nSPS) is 15.0. The van der Waals surface area contributed by atoms with Crippen LogP contribution >= 0.6 is 35.6 Å². The van der Waals surface area contributed by atoms with Crippen LogP contribution in [0.5, 0.6) is 0 Å². The van der Waals surface area contributed by atoms with Gasteiger partial charge in [0.1, 0.15) is 4.32 Å². The first-order chi connectivity index (χ1) is 15.2. The third kappa shape index (κ3) is 6.44. The number of nitrogens with zero attached hydrogens (tertiary/aromatic N) is 1. The van der Waals surface area contributed by atoms with E-state index >= 15 is 0 Å². The van der Waals surface area contributed by atoms with E-state index in [4.69, 9.17) is 23.8 Å². The number of halogens is 1. The Morgan fingerprint density at radius 1 is 1.09 bits per heavy atom. The smallest absolute Gasteiger partial charge is 0.266 e. The number of thioether (sulfide) groups is 1. The molecule has 0 aliphatic carbocycles. The summed E-state index contributed by atoms with van der Waals surface area (Å²) in [5.41, 5.74) is 5.18. The zero-order valence-corrected chi connectivity index (χ0v) is 20.9. The van der Waals surface area contributed by atoms with E-state index in [1.807, 2.05) is 32.1 Å². The summed E-state index contributed by atoms with van der Waals surface area (Å²) in [6.07, 6.45) is 4.73. The molecule has 1 aliphatic rings. The second-order valence-corrected chi connectivity index (χ2v) is 10.1. The van der Waals surface area contributed by atoms with E-state index in [2.05, 4.69) is 24.4 Å². The molecule has 1 N–H and O–H groups in total. The Hall–Kier alpha value is -2.15. The summed E-state index contributed by atoms with van der Waals surface area (Å²) in [5, 5.41) is 3.70. The van der Waals surface area contributed by atoms with Crippen molar-refractivity contribution in [2.75, 3.05) is 11.9 Å². The molecule has 1 heterocycles. The molecule has 1 aliphatic heterocycles. The number of nitrogens with one attached hydrogen (secondary N) is 1. The van der Waals surface area contributed by atoms with Gasteiger partial charge in [-0.1, -0.05) is 71.8 Å². The van der Waals surface area contributed by atoms with Crippen molar-refractivity contribution < 1.29 is 9.59 Å². The minimum Gasteiger partial charge on any atom is -0.326 e. The average molecular weight is 487 g/mol. The summed E-state index contributed by atoms with van der Waals surface area (Å²) in [6, 6.07) is 11.5. The molecule has 0 spiro atoms. The quantitative estimate of drug-likeness (QED) is 0.257. The molecule has 3 rings (SSSR count). The number of anilines is 1. The number of aryl methyl sites for hydroxylation is 3. The fourth-order valence-corrected chi connectivity index (χ4v) is 5.15. The van der Waals surface area contributed by atoms with E-state index in [1.165, 1.54) is 17.3 Å². The van der Waals surface area contributed by atoms with Gasteiger partial charge in [0.2, 0.25) is 5.91 Å². The molecule has 4 nitrogen and oxygen atoms in total. The van der Waals surface area contributed by atoms with Gasteiger partial charge in [-0.05, 0) is 68.5 Å². The maximum atomic E-state index is 12.7. The van der Waals surface area contributed by atoms with E-state index in [-0.39, 0.29) is 11.8 Å². The Balaban J connectivity index is 1.43. The molecule has 1 saturated heterocycles. The minimum atomic E-state index is -0.0574. The highest BCUT2D eigenvalue weighted by Gasteiger charge is 2.31. The van der Waals surface area contributed by atoms with Gasteiger partial charge < -0.3 is 5.32 Å². The number of rotatable bonds is 8. The average Bonchev–Trinajstić information content (AvgIpc) is 2.99. The van der Waals surface area contributed by atoms with Crippen LogP contribution < -0.4 is 5.32 Å². The van der Waals surface area contributed by atoms with E-state index < -0.39 is 0 Å². The number of carbonyl (C=O) groups excluding carboxylic acids is 2. The first-order valence-electron chi connectivity index (χ1n) is 10.6. The van der Waals surface area contributed by atoms with Crippen LogP contribution in [0.1, 0.15) is 47.9 Å². The maximum absolute atomic E-state index is 12.7. The lowest BCUT2D eigenvalue weighted by Crippen LogP contribution is -2.29. The molecule has 0 atom stereocenters. The molecule has 2 aromatic carbocycles. The van der Waals surface area contributed by atoms with Crippen LogP contribution in [-0.2, 0) is 9.59 Å². The van der Waals surface area contributed by atoms with Crippen molar-refractivity contribution in [1.82, 2.24) is 4.90 Å². The van der Waals surface area contributed by atoms with Gasteiger partial charge in [0.05, 0.1) is 4.91 Å². The van der Waals surface area contributed by atoms with Crippen molar-refractivity contribution in [2.24, 2.45) is 0 Å². The van der Waals surface area contributed by atoms with Crippen molar-refractivity contribution in [3.05, 3.63) is 68.6 Å². The van der Waals surface area contributed by atoms with Gasteiger partial charge in [-0.25, -0.2) is 0 Å². The van der Waals surface area contributed by atoms with E-state index in [0.29, 0.717) is 27.2 Å². The lowest BCUT2D eigenvalue weighted by molar-refractivity contribution is -0.122. The number of carbonyl (C=O) groups is 2. The summed E-state index contributed by atoms with van der Waals surface area (Å²) in [7, 11) is 0. The molecule has 1 fully saturated rings. The number of hydrogen-bond donors (Lipinski definition) is 1. The summed E-state index contributed by atoms with van der Waals surface area (Å²) >= 11 is 12.6. The molecule has 0 bridgehead atoms. The number of thiocarbonyl (C=S) groups is 1. The first kappa shape index (κ1) is 24.5. The van der Waals surface area contributed by atoms with Gasteiger partial charge in [-0.2, -0.15) is 0 Å². The van der Waals surface area contributed by atoms with Gasteiger partial charge in [0.25, 0.3) is 5.91 Å². The predicted octanol–water partition coefficient (Wildman–Crippen LogP) is 6.67. The molecule has 0 unspecified atom stereocenters. The van der Waals surface area contributed by atoms with Crippen LogP contribution in [0.15, 0.2) is 41.3 Å². The molecule has 2 amide bonds. The number of hydrogen-bond acceptors (Lipinski definition) is 4. The van der Waals surface area contributed by atoms with Crippen LogP contribution in [-0.4, -0.2) is 27.6 Å². The Morgan fingerprint density at radius 3 is 2.41 bits per heavy atom. The van der Waals surface area contributed by atoms with Crippen LogP contribution in [0, 0.1) is 20.8 Å². The van der Waals surface area contributed by atoms with Crippen molar-refractivity contribution >= 4 is 63.5 Å². The van der Waals surface area contributed by atoms with Crippen LogP contribution in [0.2, 0.25) is 5.02 Å². The van der Waals surface area contributed by atoms with Crippen molar-refractivity contribution in [2.45, 2.75) is 46.5 Å². The zero-order chi connectivity index (χ0) is 23.3. The Morgan fingerprint density at radius 2 is 1.75 bits per heavy atom. The standard InChI is InChI=1S/C25H27ClN2O2S2/c1-16-13-17(2)23(18(3)14-16)27-22(29)7-5-4-6-12-28-24(30)21(32-25(28)31)15-19-8-10-20(26)11-9-19/h8-11,13-15H,4-7,12H2,1-3H3,(H,27,29)/b21-15-. The SMILES string of the molecule is Cc1cc(C)c(NC(=O)CCCCCN2C(=O)/C(=C/c3ccc(Cl)cc3)SC2=S)c(C)c1. The first-order valence-corrected chi connectivity index (χ1v) is 12.2. The maximum Gasteiger partial charge on any atom is 0.266 e. The van der Waals surface area contributed by atoms with Gasteiger partial charge in [0.15, 0.2) is 0 Å². The van der Waals surface area contributed by atoms with E-state index in [1.54, 1.807) is 17.0 Å². The number of amides is 2. The summed E-state index contributed by atoms with van der Waals surface area (Å²) in [5.74, 6) is -0.0328. The molecule has 0 saturated carbocycles. The highest BCUT2D eigenvalue weighted by molar-refractivity contribution is 8.26. The summed E-state index contributed by atoms with van der Waals surface area (Å²) < 4.78 is 0.582. The zero-order valence-electron chi connectivity index (χ0n) is 18.5. The van der Waals surface area contributed by atoms with Crippen LogP contribution in [0.25, 0.3) is 6.08 Å². The van der Waals surface area contributed by atoms with Crippen LogP contribution in [0.4, 0.5) is 5.69 Å². The lowest BCUT2D eigenvalue weighted by atomic mass is 10.0. The molecule has 7 heteroatoms. The Labute approximate surface area is 204 Å². The van der Waals surface area contributed by atoms with E-state index in [9.17, 15) is 9.59 Å². The predicted molar refractivity (Wildman–Crippen MR) is 139 cm³/mol. The Bertz CT molecular complexity index is 1040. The minimum absolute atomic E-state index is 0.0246. The summed E-state index contributed by atoms with van der Waals surface area (Å²) in [4.78, 5) is 27.3. The molecule has 0 radical (unpaired) electrons. The second-order valence-electron chi connectivity index (χ2n) is 8.02. The Kier molecular flexibility index (Phi) is 8.51. The monoisotopic (exact) mass is 486 g/mol. The van der Waals surface area contributed by atoms with Crippen molar-refractivity contribution in [3.63, 3.8) is 0 Å². The van der Waals surface area contributed by atoms with Gasteiger partial charge in [0, 0.05) is 23.7 Å². The largest absolute Gasteiger partial charge is 0.326 e. The van der Waals surface area contributed by atoms with Gasteiger partial charge in [-0.15, -0.1) is 0 Å². The molecule has 2 aromatic rings.